The molecule has 0 aromatic heterocycles. The number of Topliss-reactive ketones (excluding diaryl/α,β-unsaturated/α-hetero) is 2. The summed E-state index contributed by atoms with van der Waals surface area (Å²) < 4.78 is 41.7. The van der Waals surface area contributed by atoms with E-state index >= 15 is 9.59 Å². The normalized spacial score (nSPS) is 33.4. The zero-order valence-electron chi connectivity index (χ0n) is 43.1. The molecule has 2 saturated heterocycles. The highest BCUT2D eigenvalue weighted by Crippen LogP contribution is 2.73. The molecule has 4 aliphatic heterocycles. The minimum absolute atomic E-state index is 0.0431. The van der Waals surface area contributed by atoms with Crippen molar-refractivity contribution in [3.8, 4) is 23.0 Å². The SMILES string of the molecule is COC(=O)C(C)=CCC12OC(C)(C)C3CC(C1=O)C(O)C1(Br)C(=O)c4c(OC(=O)C(C)NC(=O)c5ccc(O[C@@H]6O[C@H](CO)[C@@H](O)[C@@H](O)[C@H]6O)cc5)c5c(c(CC=C(C)C)c4OC321)OC(C)(CCC=C(C)C)C=C5. The van der Waals surface area contributed by atoms with E-state index in [0.717, 1.165) is 11.1 Å². The molecule has 2 aromatic rings. The molecule has 18 nitrogen and oxygen atoms in total. The van der Waals surface area contributed by atoms with Crippen molar-refractivity contribution in [2.45, 2.75) is 164 Å². The third-order valence-electron chi connectivity index (χ3n) is 15.4. The largest absolute Gasteiger partial charge is 0.482 e. The van der Waals surface area contributed by atoms with Crippen LogP contribution in [0.5, 0.6) is 23.0 Å². The van der Waals surface area contributed by atoms with E-state index < -0.39 is 117 Å². The molecule has 1 spiro atoms. The number of carbonyl (C=O) groups excluding carboxylic acids is 5. The number of esters is 2. The average Bonchev–Trinajstić information content (AvgIpc) is 3.49. The molecule has 4 bridgehead atoms. The van der Waals surface area contributed by atoms with Gasteiger partial charge in [0.25, 0.3) is 5.91 Å². The summed E-state index contributed by atoms with van der Waals surface area (Å²) in [6.07, 6.45) is 1.07. The van der Waals surface area contributed by atoms with Crippen molar-refractivity contribution < 1.29 is 82.7 Å². The molecule has 13 atom stereocenters. The zero-order valence-corrected chi connectivity index (χ0v) is 44.7. The first-order valence-electron chi connectivity index (χ1n) is 24.8. The van der Waals surface area contributed by atoms with E-state index in [1.54, 1.807) is 19.9 Å². The van der Waals surface area contributed by atoms with Gasteiger partial charge in [0.15, 0.2) is 32.8 Å². The van der Waals surface area contributed by atoms with Crippen molar-refractivity contribution in [2.75, 3.05) is 13.7 Å². The van der Waals surface area contributed by atoms with Crippen LogP contribution in [0.15, 0.2) is 65.3 Å². The van der Waals surface area contributed by atoms with Crippen LogP contribution in [-0.4, -0.2) is 138 Å². The Labute approximate surface area is 437 Å². The Bertz CT molecular complexity index is 2760. The summed E-state index contributed by atoms with van der Waals surface area (Å²) in [7, 11) is 1.24. The number of nitrogens with one attached hydrogen (secondary N) is 1. The van der Waals surface area contributed by atoms with Crippen molar-refractivity contribution in [1.82, 2.24) is 5.32 Å². The monoisotopic (exact) mass is 1090 g/mol. The molecule has 0 radical (unpaired) electrons. The first-order valence-corrected chi connectivity index (χ1v) is 25.6. The van der Waals surface area contributed by atoms with Crippen LogP contribution in [0.25, 0.3) is 6.08 Å². The van der Waals surface area contributed by atoms with E-state index in [0.29, 0.717) is 18.4 Å². The molecule has 9 rings (SSSR count). The number of ether oxygens (including phenoxy) is 7. The Hall–Kier alpha value is -5.25. The lowest BCUT2D eigenvalue weighted by Gasteiger charge is -2.65. The van der Waals surface area contributed by atoms with E-state index in [9.17, 15) is 39.9 Å². The molecule has 3 aliphatic carbocycles. The second-order valence-corrected chi connectivity index (χ2v) is 22.7. The number of benzene rings is 2. The molecule has 6 N–H and O–H groups in total. The minimum atomic E-state index is -2.10. The summed E-state index contributed by atoms with van der Waals surface area (Å²) in [5.41, 5.74) is -3.24. The lowest BCUT2D eigenvalue weighted by molar-refractivity contribution is -0.277. The van der Waals surface area contributed by atoms with Gasteiger partial charge >= 0.3 is 11.9 Å². The molecule has 2 aromatic carbocycles. The molecule has 5 fully saturated rings. The van der Waals surface area contributed by atoms with Crippen LogP contribution >= 0.6 is 15.9 Å². The molecule has 400 valence electrons. The predicted molar refractivity (Wildman–Crippen MR) is 270 cm³/mol. The minimum Gasteiger partial charge on any atom is -0.482 e. The summed E-state index contributed by atoms with van der Waals surface area (Å²) >= 11 is 3.79. The van der Waals surface area contributed by atoms with Crippen LogP contribution in [-0.2, 0) is 35.0 Å². The fourth-order valence-electron chi connectivity index (χ4n) is 11.5. The molecular weight excluding hydrogens is 1030 g/mol. The van der Waals surface area contributed by atoms with Gasteiger partial charge in [-0.05, 0) is 124 Å². The predicted octanol–water partition coefficient (Wildman–Crippen LogP) is 5.09. The van der Waals surface area contributed by atoms with Gasteiger partial charge in [-0.2, -0.15) is 0 Å². The maximum absolute atomic E-state index is 16.2. The van der Waals surface area contributed by atoms with Gasteiger partial charge in [0, 0.05) is 35.0 Å². The van der Waals surface area contributed by atoms with Crippen molar-refractivity contribution >= 4 is 51.4 Å². The van der Waals surface area contributed by atoms with E-state index in [2.05, 4.69) is 27.3 Å². The first kappa shape index (κ1) is 55.0. The summed E-state index contributed by atoms with van der Waals surface area (Å²) in [5, 5.41) is 55.5. The van der Waals surface area contributed by atoms with Crippen molar-refractivity contribution in [2.24, 2.45) is 11.8 Å². The van der Waals surface area contributed by atoms with Crippen LogP contribution in [0.2, 0.25) is 0 Å². The maximum atomic E-state index is 16.2. The summed E-state index contributed by atoms with van der Waals surface area (Å²) in [5.74, 6) is -5.36. The number of aliphatic hydroxyl groups excluding tert-OH is 5. The number of carbonyl (C=O) groups is 5. The maximum Gasteiger partial charge on any atom is 0.333 e. The molecule has 3 saturated carbocycles. The van der Waals surface area contributed by atoms with Crippen molar-refractivity contribution in [3.63, 3.8) is 0 Å². The van der Waals surface area contributed by atoms with Crippen molar-refractivity contribution in [3.05, 3.63) is 87.5 Å². The zero-order chi connectivity index (χ0) is 54.2. The van der Waals surface area contributed by atoms with Gasteiger partial charge in [-0.3, -0.25) is 14.4 Å². The van der Waals surface area contributed by atoms with Crippen molar-refractivity contribution in [1.29, 1.82) is 0 Å². The van der Waals surface area contributed by atoms with E-state index in [4.69, 9.17) is 33.2 Å². The molecular formula is C55H66BrNO17. The van der Waals surface area contributed by atoms with E-state index in [-0.39, 0.29) is 64.5 Å². The molecule has 19 heteroatoms. The number of methoxy groups -OCH3 is 1. The Kier molecular flexibility index (Phi) is 14.9. The smallest absolute Gasteiger partial charge is 0.333 e. The number of allylic oxidation sites excluding steroid dienone is 4. The van der Waals surface area contributed by atoms with Crippen LogP contribution in [0.1, 0.15) is 120 Å². The van der Waals surface area contributed by atoms with Crippen LogP contribution in [0, 0.1) is 11.8 Å². The Morgan fingerprint density at radius 1 is 0.919 bits per heavy atom. The molecule has 74 heavy (non-hydrogen) atoms. The average molecular weight is 1090 g/mol. The third kappa shape index (κ3) is 8.83. The number of ketones is 2. The number of hydrogen-bond donors (Lipinski definition) is 6. The summed E-state index contributed by atoms with van der Waals surface area (Å²) in [6, 6.07) is 4.13. The standard InChI is InChI=1S/C55H66BrNO17/c1-26(2)12-11-21-52(9)22-20-33-41(72-52)32(18-13-27(3)4)43-37(42(33)71-49(67)29(6)57-47(65)30-14-16-31(17-15-30)69-50-40(61)39(60)38(59)35(25-58)70-50)46(64)54(56)45(63)34-24-36-51(7,8)74-53(44(34)62,55(36,54)73-43)23-19-28(5)48(66)68-10/h12-17,19-20,22,29,34-36,38-40,45,50,58-61,63H,11,18,21,23-25H2,1-10H3,(H,57,65)/t29?,34?,35-,36?,38-,39-,40-,45?,50-,52?,53?,54?,55?/m1/s1. The lowest BCUT2D eigenvalue weighted by atomic mass is 9.45. The first-order chi connectivity index (χ1) is 34.7. The van der Waals surface area contributed by atoms with E-state index in [1.165, 1.54) is 51.3 Å². The Morgan fingerprint density at radius 3 is 2.23 bits per heavy atom. The summed E-state index contributed by atoms with van der Waals surface area (Å²) in [4.78, 5) is 72.3. The van der Waals surface area contributed by atoms with Gasteiger partial charge in [-0.25, -0.2) is 9.59 Å². The third-order valence-corrected chi connectivity index (χ3v) is 16.8. The fraction of sp³-hybridized carbons (Fsp3) is 0.545. The fourth-order valence-corrected chi connectivity index (χ4v) is 12.7. The van der Waals surface area contributed by atoms with E-state index in [1.807, 2.05) is 46.8 Å². The number of aliphatic hydroxyl groups is 5. The van der Waals surface area contributed by atoms with Gasteiger partial charge < -0.3 is 64.0 Å². The topological polar surface area (TPSA) is 263 Å². The van der Waals surface area contributed by atoms with Gasteiger partial charge in [0.2, 0.25) is 6.29 Å². The van der Waals surface area contributed by atoms with Crippen LogP contribution < -0.4 is 24.3 Å². The highest BCUT2D eigenvalue weighted by molar-refractivity contribution is 9.10. The highest BCUT2D eigenvalue weighted by atomic mass is 79.9. The van der Waals surface area contributed by atoms with Gasteiger partial charge in [-0.1, -0.05) is 45.3 Å². The number of alkyl halides is 1. The molecule has 4 heterocycles. The molecule has 8 unspecified atom stereocenters. The second-order valence-electron chi connectivity index (χ2n) is 21.5. The number of halogens is 1. The summed E-state index contributed by atoms with van der Waals surface area (Å²) in [6.45, 7) is 15.6. The van der Waals surface area contributed by atoms with Gasteiger partial charge in [0.05, 0.1) is 31.0 Å². The molecule has 1 amide bonds. The number of amides is 1. The Morgan fingerprint density at radius 2 is 1.59 bits per heavy atom. The quantitative estimate of drug-likeness (QED) is 0.0446. The van der Waals surface area contributed by atoms with Gasteiger partial charge in [0.1, 0.15) is 58.9 Å². The van der Waals surface area contributed by atoms with Gasteiger partial charge in [-0.15, -0.1) is 0 Å². The lowest BCUT2D eigenvalue weighted by Crippen LogP contribution is -2.86. The molecule has 7 aliphatic rings. The highest BCUT2D eigenvalue weighted by Gasteiger charge is 2.90. The number of hydrogen-bond acceptors (Lipinski definition) is 17. The number of fused-ring (bicyclic) bond motifs is 2. The van der Waals surface area contributed by atoms with Crippen LogP contribution in [0.3, 0.4) is 0 Å². The Balaban J connectivity index is 1.22. The second kappa shape index (κ2) is 20.0. The van der Waals surface area contributed by atoms with Crippen LogP contribution in [0.4, 0.5) is 0 Å². The number of rotatable bonds is 15.